The van der Waals surface area contributed by atoms with Crippen molar-refractivity contribution in [3.8, 4) is 0 Å². The van der Waals surface area contributed by atoms with E-state index in [-0.39, 0.29) is 24.7 Å². The summed E-state index contributed by atoms with van der Waals surface area (Å²) in [6.07, 6.45) is 0. The Balaban J connectivity index is 1.67. The Morgan fingerprint density at radius 2 is 0.712 bits per heavy atom. The van der Waals surface area contributed by atoms with E-state index in [1.54, 1.807) is 19.1 Å². The zero-order valence-corrected chi connectivity index (χ0v) is 31.7. The molecule has 0 heterocycles. The van der Waals surface area contributed by atoms with Gasteiger partial charge in [0.25, 0.3) is 10.1 Å². The van der Waals surface area contributed by atoms with Gasteiger partial charge in [-0.25, -0.2) is 4.79 Å². The second-order valence-electron chi connectivity index (χ2n) is 10.7. The number of esters is 1. The molecule has 0 aromatic heterocycles. The molecule has 0 saturated heterocycles. The fraction of sp³-hybridized carbons (Fsp3) is 0.743. The first-order valence-corrected chi connectivity index (χ1v) is 18.9. The largest absolute Gasteiger partial charge is 0.460 e. The topological polar surface area (TPSA) is 171 Å². The van der Waals surface area contributed by atoms with Gasteiger partial charge in [0.1, 0.15) is 6.61 Å². The van der Waals surface area contributed by atoms with Crippen LogP contribution in [0.2, 0.25) is 0 Å². The quantitative estimate of drug-likeness (QED) is 0.0412. The van der Waals surface area contributed by atoms with E-state index in [4.69, 9.17) is 61.0 Å². The maximum atomic E-state index is 12.1. The van der Waals surface area contributed by atoms with Gasteiger partial charge in [-0.2, -0.15) is 8.42 Å². The van der Waals surface area contributed by atoms with Crippen molar-refractivity contribution >= 4 is 16.1 Å². The molecule has 0 fully saturated rings. The summed E-state index contributed by atoms with van der Waals surface area (Å²) >= 11 is 0. The van der Waals surface area contributed by atoms with Crippen LogP contribution in [0, 0.1) is 6.92 Å². The van der Waals surface area contributed by atoms with Crippen LogP contribution in [0.15, 0.2) is 41.3 Å². The van der Waals surface area contributed by atoms with E-state index in [9.17, 15) is 13.2 Å². The molecule has 0 aliphatic carbocycles. The summed E-state index contributed by atoms with van der Waals surface area (Å²) < 4.78 is 93.7. The average Bonchev–Trinajstić information content (AvgIpc) is 3.13. The van der Waals surface area contributed by atoms with Gasteiger partial charge in [-0.15, -0.1) is 0 Å². The second-order valence-corrected chi connectivity index (χ2v) is 12.4. The Kier molecular flexibility index (Phi) is 31.9. The number of rotatable bonds is 39. The van der Waals surface area contributed by atoms with E-state index in [0.717, 1.165) is 5.56 Å². The summed E-state index contributed by atoms with van der Waals surface area (Å²) in [6, 6.07) is 6.47. The Bertz CT molecular complexity index is 1090. The van der Waals surface area contributed by atoms with Gasteiger partial charge in [0.15, 0.2) is 0 Å². The summed E-state index contributed by atoms with van der Waals surface area (Å²) in [5, 5.41) is 0. The highest BCUT2D eigenvalue weighted by Gasteiger charge is 2.14. The van der Waals surface area contributed by atoms with Gasteiger partial charge >= 0.3 is 5.97 Å². The molecule has 0 bridgehead atoms. The highest BCUT2D eigenvalue weighted by Crippen LogP contribution is 2.12. The molecule has 0 spiro atoms. The molecule has 1 aromatic rings. The van der Waals surface area contributed by atoms with E-state index >= 15 is 0 Å². The number of hydrogen-bond donors (Lipinski definition) is 0. The molecule has 0 amide bonds. The molecule has 0 N–H and O–H groups in total. The third-order valence-corrected chi connectivity index (χ3v) is 7.63. The predicted octanol–water partition coefficient (Wildman–Crippen LogP) is 2.00. The van der Waals surface area contributed by atoms with E-state index in [2.05, 4.69) is 6.58 Å². The number of carbonyl (C=O) groups is 1. The Morgan fingerprint density at radius 1 is 0.462 bits per heavy atom. The molecule has 0 unspecified atom stereocenters. The zero-order chi connectivity index (χ0) is 37.8. The number of carbonyl (C=O) groups excluding carboxylic acids is 1. The van der Waals surface area contributed by atoms with Gasteiger partial charge in [-0.05, 0) is 26.0 Å². The summed E-state index contributed by atoms with van der Waals surface area (Å²) in [4.78, 5) is 11.3. The van der Waals surface area contributed by atoms with Crippen LogP contribution in [-0.4, -0.2) is 173 Å². The van der Waals surface area contributed by atoms with Crippen molar-refractivity contribution in [2.45, 2.75) is 18.7 Å². The van der Waals surface area contributed by atoms with Crippen LogP contribution < -0.4 is 0 Å². The second kappa shape index (κ2) is 34.7. The number of ether oxygens (including phenoxy) is 12. The number of benzene rings is 1. The first-order chi connectivity index (χ1) is 25.3. The Morgan fingerprint density at radius 3 is 0.981 bits per heavy atom. The summed E-state index contributed by atoms with van der Waals surface area (Å²) in [5.74, 6) is -0.420. The van der Waals surface area contributed by atoms with E-state index in [1.165, 1.54) is 12.1 Å². The average molecular weight is 769 g/mol. The van der Waals surface area contributed by atoms with Gasteiger partial charge < -0.3 is 56.8 Å². The maximum absolute atomic E-state index is 12.1. The zero-order valence-electron chi connectivity index (χ0n) is 30.9. The van der Waals surface area contributed by atoms with Crippen LogP contribution in [0.5, 0.6) is 0 Å². The van der Waals surface area contributed by atoms with E-state index < -0.39 is 16.1 Å². The smallest absolute Gasteiger partial charge is 0.333 e. The molecular formula is C35H60O16S. The first-order valence-electron chi connectivity index (χ1n) is 17.5. The third kappa shape index (κ3) is 30.4. The lowest BCUT2D eigenvalue weighted by atomic mass is 10.2. The number of aryl methyl sites for hydroxylation is 1. The lowest BCUT2D eigenvalue weighted by molar-refractivity contribution is -0.140. The fourth-order valence-electron chi connectivity index (χ4n) is 3.59. The Labute approximate surface area is 309 Å². The molecule has 0 atom stereocenters. The molecule has 0 aliphatic rings. The lowest BCUT2D eigenvalue weighted by Crippen LogP contribution is -2.16. The molecule has 52 heavy (non-hydrogen) atoms. The van der Waals surface area contributed by atoms with Gasteiger partial charge in [-0.3, -0.25) is 4.18 Å². The van der Waals surface area contributed by atoms with Gasteiger partial charge in [-0.1, -0.05) is 24.3 Å². The van der Waals surface area contributed by atoms with Crippen LogP contribution in [-0.2, 0) is 75.9 Å². The highest BCUT2D eigenvalue weighted by molar-refractivity contribution is 7.86. The predicted molar refractivity (Wildman–Crippen MR) is 189 cm³/mol. The van der Waals surface area contributed by atoms with Crippen LogP contribution >= 0.6 is 0 Å². The molecule has 1 aromatic carbocycles. The minimum atomic E-state index is -3.78. The lowest BCUT2D eigenvalue weighted by Gasteiger charge is -2.09. The fourth-order valence-corrected chi connectivity index (χ4v) is 4.49. The Hall–Kier alpha value is -2.10. The third-order valence-electron chi connectivity index (χ3n) is 6.31. The van der Waals surface area contributed by atoms with Crippen molar-refractivity contribution in [3.05, 3.63) is 42.0 Å². The van der Waals surface area contributed by atoms with Crippen molar-refractivity contribution < 1.29 is 74.2 Å². The SMILES string of the molecule is C=C(C)C(=O)OCCOCCOCCOCCOCCOCCOCCOCCOCCOCCOCCOCCOS(=O)(=O)c1ccc(C)cc1. The monoisotopic (exact) mass is 768 g/mol. The molecule has 0 radical (unpaired) electrons. The first kappa shape index (κ1) is 47.9. The van der Waals surface area contributed by atoms with Crippen molar-refractivity contribution in [2.75, 3.05) is 159 Å². The van der Waals surface area contributed by atoms with Crippen LogP contribution in [0.4, 0.5) is 0 Å². The van der Waals surface area contributed by atoms with Crippen molar-refractivity contribution in [2.24, 2.45) is 0 Å². The summed E-state index contributed by atoms with van der Waals surface area (Å²) in [7, 11) is -3.78. The maximum Gasteiger partial charge on any atom is 0.333 e. The minimum Gasteiger partial charge on any atom is -0.460 e. The molecule has 0 saturated carbocycles. The summed E-state index contributed by atoms with van der Waals surface area (Å²) in [6.45, 7) is 16.5. The van der Waals surface area contributed by atoms with Gasteiger partial charge in [0.2, 0.25) is 0 Å². The van der Waals surface area contributed by atoms with E-state index in [1.807, 2.05) is 6.92 Å². The summed E-state index contributed by atoms with van der Waals surface area (Å²) in [5.41, 5.74) is 1.33. The van der Waals surface area contributed by atoms with Gasteiger partial charge in [0, 0.05) is 5.57 Å². The van der Waals surface area contributed by atoms with Crippen LogP contribution in [0.3, 0.4) is 0 Å². The normalized spacial score (nSPS) is 11.7. The highest BCUT2D eigenvalue weighted by atomic mass is 32.2. The molecule has 302 valence electrons. The molecule has 0 aliphatic heterocycles. The van der Waals surface area contributed by atoms with Crippen molar-refractivity contribution in [3.63, 3.8) is 0 Å². The van der Waals surface area contributed by atoms with Crippen LogP contribution in [0.25, 0.3) is 0 Å². The van der Waals surface area contributed by atoms with E-state index in [0.29, 0.717) is 144 Å². The molecule has 16 nitrogen and oxygen atoms in total. The molecule has 1 rings (SSSR count). The standard InChI is InChI=1S/C35H60O16S/c1-32(2)35(36)50-30-28-48-26-24-46-22-20-44-18-16-42-14-12-40-10-8-39-9-11-41-13-15-43-17-19-45-21-23-47-25-27-49-29-31-51-52(37,38)34-6-4-33(3)5-7-34/h4-7H,1,8-31H2,2-3H3. The minimum absolute atomic E-state index is 0.0652. The van der Waals surface area contributed by atoms with Crippen molar-refractivity contribution in [1.29, 1.82) is 0 Å². The van der Waals surface area contributed by atoms with Gasteiger partial charge in [0.05, 0.1) is 157 Å². The molecular weight excluding hydrogens is 708 g/mol. The van der Waals surface area contributed by atoms with Crippen LogP contribution in [0.1, 0.15) is 12.5 Å². The number of hydrogen-bond acceptors (Lipinski definition) is 16. The molecule has 17 heteroatoms. The van der Waals surface area contributed by atoms with Crippen molar-refractivity contribution in [1.82, 2.24) is 0 Å².